The molecule has 1 amide bonds. The van der Waals surface area contributed by atoms with Gasteiger partial charge in [0.25, 0.3) is 5.91 Å². The normalized spacial score (nSPS) is 13.0. The van der Waals surface area contributed by atoms with E-state index in [9.17, 15) is 4.79 Å². The van der Waals surface area contributed by atoms with Crippen molar-refractivity contribution in [3.63, 3.8) is 0 Å². The van der Waals surface area contributed by atoms with Crippen molar-refractivity contribution in [2.24, 2.45) is 0 Å². The van der Waals surface area contributed by atoms with E-state index < -0.39 is 0 Å². The number of amides is 1. The molecular formula is C16H17NO3S. The van der Waals surface area contributed by atoms with E-state index in [4.69, 9.17) is 9.47 Å². The fraction of sp³-hybridized carbons (Fsp3) is 0.312. The monoisotopic (exact) mass is 303 g/mol. The van der Waals surface area contributed by atoms with Crippen LogP contribution in [0.25, 0.3) is 10.4 Å². The maximum absolute atomic E-state index is 12.1. The standard InChI is InChI=1S/C16H17NO3S/c1-3-17(2)16(18)15-7-6-14(21-15)11-4-5-12-13(10-11)20-9-8-19-12/h4-7,10H,3,8-9H2,1-2H3. The zero-order chi connectivity index (χ0) is 14.8. The highest BCUT2D eigenvalue weighted by atomic mass is 32.1. The zero-order valence-electron chi connectivity index (χ0n) is 12.1. The average Bonchev–Trinajstić information content (AvgIpc) is 3.02. The molecule has 0 unspecified atom stereocenters. The number of carbonyl (C=O) groups is 1. The van der Waals surface area contributed by atoms with E-state index in [-0.39, 0.29) is 5.91 Å². The second kappa shape index (κ2) is 5.77. The quantitative estimate of drug-likeness (QED) is 0.873. The summed E-state index contributed by atoms with van der Waals surface area (Å²) in [5.41, 5.74) is 1.04. The minimum Gasteiger partial charge on any atom is -0.486 e. The van der Waals surface area contributed by atoms with Gasteiger partial charge in [-0.15, -0.1) is 11.3 Å². The van der Waals surface area contributed by atoms with Gasteiger partial charge in [-0.2, -0.15) is 0 Å². The van der Waals surface area contributed by atoms with Gasteiger partial charge in [-0.05, 0) is 42.8 Å². The van der Waals surface area contributed by atoms with Crippen molar-refractivity contribution in [3.8, 4) is 21.9 Å². The highest BCUT2D eigenvalue weighted by Crippen LogP contribution is 2.37. The lowest BCUT2D eigenvalue weighted by atomic mass is 10.1. The number of hydrogen-bond acceptors (Lipinski definition) is 4. The van der Waals surface area contributed by atoms with Gasteiger partial charge in [-0.3, -0.25) is 4.79 Å². The minimum absolute atomic E-state index is 0.0614. The summed E-state index contributed by atoms with van der Waals surface area (Å²) in [6.07, 6.45) is 0. The summed E-state index contributed by atoms with van der Waals surface area (Å²) in [5.74, 6) is 1.61. The number of fused-ring (bicyclic) bond motifs is 1. The van der Waals surface area contributed by atoms with Gasteiger partial charge in [-0.1, -0.05) is 0 Å². The topological polar surface area (TPSA) is 38.8 Å². The second-order valence-corrected chi connectivity index (χ2v) is 5.93. The summed E-state index contributed by atoms with van der Waals surface area (Å²) in [4.78, 5) is 15.7. The van der Waals surface area contributed by atoms with Gasteiger partial charge in [0, 0.05) is 18.5 Å². The van der Waals surface area contributed by atoms with Crippen LogP contribution in [0, 0.1) is 0 Å². The third-order valence-electron chi connectivity index (χ3n) is 3.46. The fourth-order valence-corrected chi connectivity index (χ4v) is 3.13. The Labute approximate surface area is 127 Å². The molecule has 5 heteroatoms. The number of hydrogen-bond donors (Lipinski definition) is 0. The molecule has 0 radical (unpaired) electrons. The first-order valence-corrected chi connectivity index (χ1v) is 7.76. The predicted octanol–water partition coefficient (Wildman–Crippen LogP) is 3.28. The van der Waals surface area contributed by atoms with E-state index in [2.05, 4.69) is 0 Å². The summed E-state index contributed by atoms with van der Waals surface area (Å²) < 4.78 is 11.1. The number of carbonyl (C=O) groups excluding carboxylic acids is 1. The van der Waals surface area contributed by atoms with Crippen molar-refractivity contribution in [2.45, 2.75) is 6.92 Å². The van der Waals surface area contributed by atoms with Gasteiger partial charge in [0.05, 0.1) is 4.88 Å². The van der Waals surface area contributed by atoms with Crippen LogP contribution in [0.4, 0.5) is 0 Å². The summed E-state index contributed by atoms with van der Waals surface area (Å²) >= 11 is 1.50. The molecular weight excluding hydrogens is 286 g/mol. The molecule has 1 aliphatic heterocycles. The second-order valence-electron chi connectivity index (χ2n) is 4.84. The fourth-order valence-electron chi connectivity index (χ4n) is 2.14. The first kappa shape index (κ1) is 13.9. The van der Waals surface area contributed by atoms with Crippen LogP contribution in [0.3, 0.4) is 0 Å². The molecule has 1 aromatic carbocycles. The molecule has 0 saturated heterocycles. The third kappa shape index (κ3) is 2.74. The molecule has 0 aliphatic carbocycles. The molecule has 2 heterocycles. The van der Waals surface area contributed by atoms with Gasteiger partial charge in [-0.25, -0.2) is 0 Å². The summed E-state index contributed by atoms with van der Waals surface area (Å²) in [5, 5.41) is 0. The number of benzene rings is 1. The predicted molar refractivity (Wildman–Crippen MR) is 83.4 cm³/mol. The molecule has 110 valence electrons. The Morgan fingerprint density at radius 2 is 1.95 bits per heavy atom. The van der Waals surface area contributed by atoms with Crippen molar-refractivity contribution < 1.29 is 14.3 Å². The van der Waals surface area contributed by atoms with Crippen molar-refractivity contribution in [3.05, 3.63) is 35.2 Å². The highest BCUT2D eigenvalue weighted by Gasteiger charge is 2.16. The molecule has 0 N–H and O–H groups in total. The van der Waals surface area contributed by atoms with E-state index in [1.165, 1.54) is 11.3 Å². The molecule has 1 aromatic heterocycles. The molecule has 0 atom stereocenters. The number of nitrogens with zero attached hydrogens (tertiary/aromatic N) is 1. The SMILES string of the molecule is CCN(C)C(=O)c1ccc(-c2ccc3c(c2)OCCO3)s1. The zero-order valence-corrected chi connectivity index (χ0v) is 12.9. The van der Waals surface area contributed by atoms with Crippen LogP contribution in [0.15, 0.2) is 30.3 Å². The minimum atomic E-state index is 0.0614. The lowest BCUT2D eigenvalue weighted by molar-refractivity contribution is 0.0807. The number of rotatable bonds is 3. The van der Waals surface area contributed by atoms with Gasteiger partial charge < -0.3 is 14.4 Å². The molecule has 0 fully saturated rings. The van der Waals surface area contributed by atoms with E-state index >= 15 is 0 Å². The Morgan fingerprint density at radius 3 is 2.71 bits per heavy atom. The summed E-state index contributed by atoms with van der Waals surface area (Å²) in [7, 11) is 1.81. The van der Waals surface area contributed by atoms with E-state index in [1.807, 2.05) is 44.3 Å². The Morgan fingerprint density at radius 1 is 1.19 bits per heavy atom. The van der Waals surface area contributed by atoms with E-state index in [0.717, 1.165) is 26.8 Å². The van der Waals surface area contributed by atoms with Gasteiger partial charge in [0.15, 0.2) is 11.5 Å². The van der Waals surface area contributed by atoms with Crippen molar-refractivity contribution >= 4 is 17.2 Å². The molecule has 2 aromatic rings. The first-order valence-electron chi connectivity index (χ1n) is 6.94. The van der Waals surface area contributed by atoms with Gasteiger partial charge in [0.2, 0.25) is 0 Å². The molecule has 0 spiro atoms. The van der Waals surface area contributed by atoms with Crippen LogP contribution in [0.2, 0.25) is 0 Å². The van der Waals surface area contributed by atoms with Crippen LogP contribution in [-0.4, -0.2) is 37.6 Å². The molecule has 4 nitrogen and oxygen atoms in total. The number of ether oxygens (including phenoxy) is 2. The van der Waals surface area contributed by atoms with Crippen LogP contribution >= 0.6 is 11.3 Å². The largest absolute Gasteiger partial charge is 0.486 e. The summed E-state index contributed by atoms with van der Waals surface area (Å²) in [6.45, 7) is 3.84. The van der Waals surface area contributed by atoms with Gasteiger partial charge in [0.1, 0.15) is 13.2 Å². The van der Waals surface area contributed by atoms with Crippen LogP contribution in [0.1, 0.15) is 16.6 Å². The Balaban J connectivity index is 1.88. The Hall–Kier alpha value is -2.01. The Bertz CT molecular complexity index is 665. The van der Waals surface area contributed by atoms with E-state index in [1.54, 1.807) is 4.90 Å². The molecule has 0 saturated carbocycles. The average molecular weight is 303 g/mol. The highest BCUT2D eigenvalue weighted by molar-refractivity contribution is 7.17. The summed E-state index contributed by atoms with van der Waals surface area (Å²) in [6, 6.07) is 9.75. The molecule has 3 rings (SSSR count). The molecule has 0 bridgehead atoms. The van der Waals surface area contributed by atoms with E-state index in [0.29, 0.717) is 19.8 Å². The maximum Gasteiger partial charge on any atom is 0.263 e. The lowest BCUT2D eigenvalue weighted by Crippen LogP contribution is -2.25. The smallest absolute Gasteiger partial charge is 0.263 e. The maximum atomic E-state index is 12.1. The molecule has 1 aliphatic rings. The Kier molecular flexibility index (Phi) is 3.84. The van der Waals surface area contributed by atoms with Crippen LogP contribution < -0.4 is 9.47 Å². The lowest BCUT2D eigenvalue weighted by Gasteiger charge is -2.18. The first-order chi connectivity index (χ1) is 10.2. The van der Waals surface area contributed by atoms with Crippen molar-refractivity contribution in [1.82, 2.24) is 4.90 Å². The van der Waals surface area contributed by atoms with Crippen LogP contribution in [0.5, 0.6) is 11.5 Å². The van der Waals surface area contributed by atoms with Gasteiger partial charge >= 0.3 is 0 Å². The number of thiophene rings is 1. The van der Waals surface area contributed by atoms with Crippen molar-refractivity contribution in [1.29, 1.82) is 0 Å². The van der Waals surface area contributed by atoms with Crippen molar-refractivity contribution in [2.75, 3.05) is 26.8 Å². The molecule has 21 heavy (non-hydrogen) atoms. The van der Waals surface area contributed by atoms with Crippen LogP contribution in [-0.2, 0) is 0 Å². The third-order valence-corrected chi connectivity index (χ3v) is 4.59.